The highest BCUT2D eigenvalue weighted by molar-refractivity contribution is 7.98. The highest BCUT2D eigenvalue weighted by Crippen LogP contribution is 2.36. The van der Waals surface area contributed by atoms with Crippen molar-refractivity contribution in [1.29, 1.82) is 0 Å². The molecule has 0 amide bonds. The predicted molar refractivity (Wildman–Crippen MR) is 125 cm³/mol. The lowest BCUT2D eigenvalue weighted by molar-refractivity contribution is 0.0825. The first kappa shape index (κ1) is 19.1. The van der Waals surface area contributed by atoms with Gasteiger partial charge in [-0.1, -0.05) is 66.4 Å². The maximum absolute atomic E-state index is 6.11. The second-order valence-corrected chi connectivity index (χ2v) is 8.62. The minimum Gasteiger partial charge on any atom is -0.485 e. The van der Waals surface area contributed by atoms with Crippen LogP contribution in [-0.4, -0.2) is 26.4 Å². The fraction of sp³-hybridized carbons (Fsp3) is 0.160. The van der Waals surface area contributed by atoms with Crippen LogP contribution in [0.25, 0.3) is 21.7 Å². The number of para-hydroxylation sites is 3. The van der Waals surface area contributed by atoms with Crippen molar-refractivity contribution < 1.29 is 9.47 Å². The molecule has 6 rings (SSSR count). The zero-order valence-corrected chi connectivity index (χ0v) is 18.2. The minimum atomic E-state index is -0.295. The van der Waals surface area contributed by atoms with Crippen molar-refractivity contribution in [1.82, 2.24) is 19.7 Å². The quantitative estimate of drug-likeness (QED) is 0.278. The van der Waals surface area contributed by atoms with E-state index in [4.69, 9.17) is 14.5 Å². The zero-order chi connectivity index (χ0) is 21.5. The molecule has 3 aromatic carbocycles. The van der Waals surface area contributed by atoms with Gasteiger partial charge in [0.25, 0.3) is 0 Å². The largest absolute Gasteiger partial charge is 0.485 e. The number of thioether (sulfide) groups is 1. The molecule has 0 aliphatic carbocycles. The lowest BCUT2D eigenvalue weighted by atomic mass is 10.0. The van der Waals surface area contributed by atoms with Crippen molar-refractivity contribution >= 4 is 33.4 Å². The van der Waals surface area contributed by atoms with Crippen LogP contribution in [0.15, 0.2) is 78.0 Å². The number of hydrogen-bond donors (Lipinski definition) is 0. The van der Waals surface area contributed by atoms with Crippen LogP contribution in [0.2, 0.25) is 0 Å². The monoisotopic (exact) mass is 440 g/mol. The van der Waals surface area contributed by atoms with Gasteiger partial charge in [0, 0.05) is 23.6 Å². The highest BCUT2D eigenvalue weighted by Gasteiger charge is 2.27. The van der Waals surface area contributed by atoms with Gasteiger partial charge in [0.05, 0.1) is 11.2 Å². The standard InChI is InChI=1S/C25H20N4O2S/c1-29-24(23-14-30-21-12-6-7-13-22(21)31-23)27-28-25(29)32-15-20-18-10-3-2-8-16(18)17-9-4-5-11-19(17)26-20/h2-13,23H,14-15H2,1H3. The second-order valence-electron chi connectivity index (χ2n) is 7.67. The summed E-state index contributed by atoms with van der Waals surface area (Å²) in [7, 11) is 1.97. The number of rotatable bonds is 4. The Morgan fingerprint density at radius 3 is 2.47 bits per heavy atom. The lowest BCUT2D eigenvalue weighted by Gasteiger charge is -2.25. The Morgan fingerprint density at radius 1 is 0.875 bits per heavy atom. The summed E-state index contributed by atoms with van der Waals surface area (Å²) >= 11 is 1.62. The van der Waals surface area contributed by atoms with Crippen molar-refractivity contribution in [2.75, 3.05) is 6.61 Å². The summed E-state index contributed by atoms with van der Waals surface area (Å²) in [5.74, 6) is 2.93. The predicted octanol–water partition coefficient (Wildman–Crippen LogP) is 5.32. The number of aromatic nitrogens is 4. The number of pyridine rings is 1. The van der Waals surface area contributed by atoms with E-state index in [9.17, 15) is 0 Å². The Bertz CT molecular complexity index is 1450. The normalized spacial score (nSPS) is 15.3. The average Bonchev–Trinajstić information content (AvgIpc) is 3.22. The molecule has 2 aromatic heterocycles. The van der Waals surface area contributed by atoms with E-state index in [0.717, 1.165) is 33.7 Å². The first-order chi connectivity index (χ1) is 15.8. The lowest BCUT2D eigenvalue weighted by Crippen LogP contribution is -2.24. The number of nitrogens with zero attached hydrogens (tertiary/aromatic N) is 4. The van der Waals surface area contributed by atoms with Crippen LogP contribution < -0.4 is 9.47 Å². The third kappa shape index (κ3) is 3.26. The van der Waals surface area contributed by atoms with Gasteiger partial charge >= 0.3 is 0 Å². The van der Waals surface area contributed by atoms with Crippen LogP contribution in [0.1, 0.15) is 17.6 Å². The van der Waals surface area contributed by atoms with E-state index in [1.807, 2.05) is 41.9 Å². The van der Waals surface area contributed by atoms with Crippen LogP contribution in [-0.2, 0) is 12.8 Å². The minimum absolute atomic E-state index is 0.295. The van der Waals surface area contributed by atoms with Gasteiger partial charge in [-0.25, -0.2) is 0 Å². The van der Waals surface area contributed by atoms with E-state index in [2.05, 4.69) is 52.7 Å². The van der Waals surface area contributed by atoms with E-state index in [-0.39, 0.29) is 6.10 Å². The van der Waals surface area contributed by atoms with Crippen LogP contribution in [0.4, 0.5) is 0 Å². The molecule has 1 unspecified atom stereocenters. The molecular formula is C25H20N4O2S. The molecule has 1 aliphatic heterocycles. The zero-order valence-electron chi connectivity index (χ0n) is 17.4. The molecule has 5 aromatic rings. The van der Waals surface area contributed by atoms with E-state index >= 15 is 0 Å². The smallest absolute Gasteiger partial charge is 0.192 e. The van der Waals surface area contributed by atoms with Gasteiger partial charge in [0.15, 0.2) is 28.6 Å². The van der Waals surface area contributed by atoms with E-state index < -0.39 is 0 Å². The molecule has 0 saturated heterocycles. The summed E-state index contributed by atoms with van der Waals surface area (Å²) in [5.41, 5.74) is 2.05. The Labute approximate surface area is 189 Å². The Kier molecular flexibility index (Phi) is 4.69. The van der Waals surface area contributed by atoms with E-state index in [0.29, 0.717) is 12.4 Å². The van der Waals surface area contributed by atoms with Gasteiger partial charge < -0.3 is 14.0 Å². The number of ether oxygens (including phenoxy) is 2. The van der Waals surface area contributed by atoms with Gasteiger partial charge in [0.1, 0.15) is 6.61 Å². The summed E-state index contributed by atoms with van der Waals surface area (Å²) in [4.78, 5) is 4.95. The van der Waals surface area contributed by atoms with Gasteiger partial charge in [-0.3, -0.25) is 4.98 Å². The number of hydrogen-bond acceptors (Lipinski definition) is 6. The maximum atomic E-state index is 6.11. The third-order valence-electron chi connectivity index (χ3n) is 5.69. The van der Waals surface area contributed by atoms with Crippen molar-refractivity contribution in [3.8, 4) is 11.5 Å². The van der Waals surface area contributed by atoms with Crippen molar-refractivity contribution in [3.63, 3.8) is 0 Å². The van der Waals surface area contributed by atoms with Gasteiger partial charge in [0.2, 0.25) is 0 Å². The van der Waals surface area contributed by atoms with Crippen molar-refractivity contribution in [2.24, 2.45) is 7.05 Å². The van der Waals surface area contributed by atoms with Gasteiger partial charge in [-0.05, 0) is 23.6 Å². The Hall–Kier alpha value is -3.58. The Balaban J connectivity index is 1.28. The summed E-state index contributed by atoms with van der Waals surface area (Å²) in [5, 5.41) is 13.2. The molecule has 1 aliphatic rings. The molecule has 6 nitrogen and oxygen atoms in total. The molecule has 0 fully saturated rings. The van der Waals surface area contributed by atoms with Crippen molar-refractivity contribution in [2.45, 2.75) is 17.0 Å². The molecular weight excluding hydrogens is 420 g/mol. The molecule has 158 valence electrons. The summed E-state index contributed by atoms with van der Waals surface area (Å²) in [6.45, 7) is 0.407. The molecule has 1 atom stereocenters. The molecule has 0 bridgehead atoms. The molecule has 0 saturated carbocycles. The SMILES string of the molecule is Cn1c(SCc2nc3ccccc3c3ccccc23)nnc1C1COc2ccccc2O1. The van der Waals surface area contributed by atoms with E-state index in [1.54, 1.807) is 11.8 Å². The topological polar surface area (TPSA) is 62.1 Å². The molecule has 0 N–H and O–H groups in total. The van der Waals surface area contributed by atoms with Gasteiger partial charge in [-0.15, -0.1) is 10.2 Å². The van der Waals surface area contributed by atoms with Crippen molar-refractivity contribution in [3.05, 3.63) is 84.3 Å². The van der Waals surface area contributed by atoms with Gasteiger partial charge in [-0.2, -0.15) is 0 Å². The van der Waals surface area contributed by atoms with E-state index in [1.165, 1.54) is 16.2 Å². The highest BCUT2D eigenvalue weighted by atomic mass is 32.2. The summed E-state index contributed by atoms with van der Waals surface area (Å²) in [6.07, 6.45) is -0.295. The van der Waals surface area contributed by atoms with Crippen LogP contribution in [0, 0.1) is 0 Å². The molecule has 32 heavy (non-hydrogen) atoms. The van der Waals surface area contributed by atoms with Crippen LogP contribution in [0.5, 0.6) is 11.5 Å². The number of fused-ring (bicyclic) bond motifs is 4. The average molecular weight is 441 g/mol. The van der Waals surface area contributed by atoms with Crippen LogP contribution >= 0.6 is 11.8 Å². The maximum Gasteiger partial charge on any atom is 0.192 e. The third-order valence-corrected chi connectivity index (χ3v) is 6.72. The first-order valence-electron chi connectivity index (χ1n) is 10.4. The fourth-order valence-corrected chi connectivity index (χ4v) is 4.97. The number of benzene rings is 3. The molecule has 0 radical (unpaired) electrons. The fourth-order valence-electron chi connectivity index (χ4n) is 4.10. The Morgan fingerprint density at radius 2 is 1.59 bits per heavy atom. The van der Waals surface area contributed by atoms with Crippen LogP contribution in [0.3, 0.4) is 0 Å². The first-order valence-corrected chi connectivity index (χ1v) is 11.4. The molecule has 3 heterocycles. The molecule has 0 spiro atoms. The molecule has 7 heteroatoms. The second kappa shape index (κ2) is 7.84. The summed E-state index contributed by atoms with van der Waals surface area (Å²) < 4.78 is 13.9. The summed E-state index contributed by atoms with van der Waals surface area (Å²) in [6, 6.07) is 24.4.